The van der Waals surface area contributed by atoms with Crippen LogP contribution in [0.3, 0.4) is 0 Å². The van der Waals surface area contributed by atoms with E-state index in [2.05, 4.69) is 16.8 Å². The van der Waals surface area contributed by atoms with E-state index in [9.17, 15) is 4.39 Å². The zero-order valence-electron chi connectivity index (χ0n) is 9.47. The highest BCUT2D eigenvalue weighted by Crippen LogP contribution is 2.05. The minimum atomic E-state index is -0.254. The van der Waals surface area contributed by atoms with Crippen LogP contribution in [-0.2, 0) is 0 Å². The Labute approximate surface area is 104 Å². The minimum absolute atomic E-state index is 0.254. The van der Waals surface area contributed by atoms with Gasteiger partial charge in [0.15, 0.2) is 0 Å². The number of hydrogen-bond acceptors (Lipinski definition) is 1. The molecule has 0 saturated heterocycles. The van der Waals surface area contributed by atoms with Crippen LogP contribution in [0.25, 0.3) is 5.65 Å². The Kier molecular flexibility index (Phi) is 2.54. The van der Waals surface area contributed by atoms with E-state index < -0.39 is 0 Å². The maximum absolute atomic E-state index is 12.7. The van der Waals surface area contributed by atoms with Crippen molar-refractivity contribution in [2.75, 3.05) is 0 Å². The van der Waals surface area contributed by atoms with Gasteiger partial charge in [-0.05, 0) is 42.3 Å². The average Bonchev–Trinajstić information content (AvgIpc) is 2.82. The average molecular weight is 236 g/mol. The molecule has 0 radical (unpaired) electrons. The summed E-state index contributed by atoms with van der Waals surface area (Å²) in [6.45, 7) is 0. The van der Waals surface area contributed by atoms with Crippen molar-refractivity contribution in [2.24, 2.45) is 0 Å². The lowest BCUT2D eigenvalue weighted by molar-refractivity contribution is 0.627. The molecule has 0 unspecified atom stereocenters. The van der Waals surface area contributed by atoms with E-state index in [0.29, 0.717) is 0 Å². The summed E-state index contributed by atoms with van der Waals surface area (Å²) in [4.78, 5) is 4.25. The third-order valence-corrected chi connectivity index (χ3v) is 2.60. The van der Waals surface area contributed by atoms with Gasteiger partial charge in [-0.1, -0.05) is 12.0 Å². The topological polar surface area (TPSA) is 17.3 Å². The van der Waals surface area contributed by atoms with E-state index in [4.69, 9.17) is 0 Å². The molecular formula is C15H9FN2. The van der Waals surface area contributed by atoms with Gasteiger partial charge in [-0.25, -0.2) is 9.37 Å². The van der Waals surface area contributed by atoms with Crippen LogP contribution in [0.5, 0.6) is 0 Å². The molecule has 0 aliphatic carbocycles. The van der Waals surface area contributed by atoms with Crippen LogP contribution in [0.2, 0.25) is 0 Å². The fourth-order valence-corrected chi connectivity index (χ4v) is 1.69. The van der Waals surface area contributed by atoms with Crippen molar-refractivity contribution >= 4 is 5.65 Å². The van der Waals surface area contributed by atoms with E-state index >= 15 is 0 Å². The number of imidazole rings is 1. The van der Waals surface area contributed by atoms with E-state index in [1.165, 1.54) is 12.1 Å². The van der Waals surface area contributed by atoms with Gasteiger partial charge in [0.05, 0.1) is 6.20 Å². The summed E-state index contributed by atoms with van der Waals surface area (Å²) in [5.74, 6) is 5.77. The van der Waals surface area contributed by atoms with E-state index in [1.54, 1.807) is 18.3 Å². The van der Waals surface area contributed by atoms with Crippen LogP contribution in [-0.4, -0.2) is 9.38 Å². The first-order chi connectivity index (χ1) is 8.83. The first-order valence-electron chi connectivity index (χ1n) is 5.52. The minimum Gasteiger partial charge on any atom is -0.293 e. The summed E-state index contributed by atoms with van der Waals surface area (Å²) in [5, 5.41) is 0. The SMILES string of the molecule is Fc1ccc(C#Cc2cnc3ccccn23)cc1. The molecule has 0 atom stereocenters. The van der Waals surface area contributed by atoms with Gasteiger partial charge in [0.25, 0.3) is 0 Å². The van der Waals surface area contributed by atoms with Crippen LogP contribution in [0.15, 0.2) is 54.9 Å². The molecule has 3 heteroatoms. The number of halogens is 1. The standard InChI is InChI=1S/C15H9FN2/c16-13-7-4-12(5-8-13)6-9-14-11-17-15-3-1-2-10-18(14)15/h1-5,7-8,10-11H. The van der Waals surface area contributed by atoms with Gasteiger partial charge in [-0.2, -0.15) is 0 Å². The molecule has 2 aromatic heterocycles. The molecule has 3 rings (SSSR count). The van der Waals surface area contributed by atoms with Gasteiger partial charge in [0, 0.05) is 11.8 Å². The molecule has 18 heavy (non-hydrogen) atoms. The van der Waals surface area contributed by atoms with Gasteiger partial charge < -0.3 is 0 Å². The Balaban J connectivity index is 2.00. The fraction of sp³-hybridized carbons (Fsp3) is 0. The van der Waals surface area contributed by atoms with Crippen LogP contribution in [0.4, 0.5) is 4.39 Å². The van der Waals surface area contributed by atoms with E-state index in [0.717, 1.165) is 16.9 Å². The number of aromatic nitrogens is 2. The smallest absolute Gasteiger partial charge is 0.137 e. The summed E-state index contributed by atoms with van der Waals surface area (Å²) >= 11 is 0. The molecule has 0 aliphatic heterocycles. The molecule has 0 saturated carbocycles. The number of rotatable bonds is 0. The molecule has 86 valence electrons. The molecule has 3 aromatic rings. The molecule has 0 spiro atoms. The number of pyridine rings is 1. The van der Waals surface area contributed by atoms with Crippen molar-refractivity contribution < 1.29 is 4.39 Å². The quantitative estimate of drug-likeness (QED) is 0.549. The fourth-order valence-electron chi connectivity index (χ4n) is 1.69. The van der Waals surface area contributed by atoms with Crippen molar-refractivity contribution in [3.63, 3.8) is 0 Å². The Morgan fingerprint density at radius 3 is 2.67 bits per heavy atom. The second-order valence-corrected chi connectivity index (χ2v) is 3.83. The second kappa shape index (κ2) is 4.34. The summed E-state index contributed by atoms with van der Waals surface area (Å²) in [5.41, 5.74) is 2.46. The Bertz CT molecular complexity index is 745. The Hall–Kier alpha value is -2.60. The van der Waals surface area contributed by atoms with Gasteiger partial charge >= 0.3 is 0 Å². The molecule has 0 bridgehead atoms. The van der Waals surface area contributed by atoms with Crippen molar-refractivity contribution in [2.45, 2.75) is 0 Å². The number of hydrogen-bond donors (Lipinski definition) is 0. The Morgan fingerprint density at radius 2 is 1.83 bits per heavy atom. The third-order valence-electron chi connectivity index (χ3n) is 2.60. The second-order valence-electron chi connectivity index (χ2n) is 3.83. The number of fused-ring (bicyclic) bond motifs is 1. The van der Waals surface area contributed by atoms with Gasteiger partial charge in [0.2, 0.25) is 0 Å². The largest absolute Gasteiger partial charge is 0.293 e. The zero-order chi connectivity index (χ0) is 12.4. The first-order valence-corrected chi connectivity index (χ1v) is 5.52. The van der Waals surface area contributed by atoms with Crippen LogP contribution in [0, 0.1) is 17.7 Å². The van der Waals surface area contributed by atoms with Gasteiger partial charge in [0.1, 0.15) is 17.2 Å². The molecule has 0 N–H and O–H groups in total. The number of benzene rings is 1. The molecule has 2 nitrogen and oxygen atoms in total. The Morgan fingerprint density at radius 1 is 1.00 bits per heavy atom. The van der Waals surface area contributed by atoms with Crippen LogP contribution in [0.1, 0.15) is 11.3 Å². The highest BCUT2D eigenvalue weighted by Gasteiger charge is 1.97. The van der Waals surface area contributed by atoms with E-state index in [1.807, 2.05) is 28.8 Å². The summed E-state index contributed by atoms with van der Waals surface area (Å²) < 4.78 is 14.7. The molecular weight excluding hydrogens is 227 g/mol. The predicted octanol–water partition coefficient (Wildman–Crippen LogP) is 2.87. The third kappa shape index (κ3) is 1.96. The number of nitrogens with zero attached hydrogens (tertiary/aromatic N) is 2. The van der Waals surface area contributed by atoms with Crippen LogP contribution < -0.4 is 0 Å². The lowest BCUT2D eigenvalue weighted by Crippen LogP contribution is -1.86. The molecule has 1 aromatic carbocycles. The van der Waals surface area contributed by atoms with E-state index in [-0.39, 0.29) is 5.82 Å². The maximum atomic E-state index is 12.7. The summed E-state index contributed by atoms with van der Waals surface area (Å²) in [7, 11) is 0. The lowest BCUT2D eigenvalue weighted by atomic mass is 10.2. The van der Waals surface area contributed by atoms with Crippen molar-refractivity contribution in [1.29, 1.82) is 0 Å². The van der Waals surface area contributed by atoms with Crippen molar-refractivity contribution in [3.8, 4) is 11.8 Å². The van der Waals surface area contributed by atoms with Crippen molar-refractivity contribution in [1.82, 2.24) is 9.38 Å². The van der Waals surface area contributed by atoms with Crippen molar-refractivity contribution in [3.05, 3.63) is 71.9 Å². The summed E-state index contributed by atoms with van der Waals surface area (Å²) in [6, 6.07) is 11.9. The van der Waals surface area contributed by atoms with Gasteiger partial charge in [-0.15, -0.1) is 0 Å². The highest BCUT2D eigenvalue weighted by atomic mass is 19.1. The highest BCUT2D eigenvalue weighted by molar-refractivity contribution is 5.47. The first kappa shape index (κ1) is 10.5. The maximum Gasteiger partial charge on any atom is 0.137 e. The normalized spacial score (nSPS) is 10.1. The van der Waals surface area contributed by atoms with Crippen LogP contribution >= 0.6 is 0 Å². The molecule has 0 aliphatic rings. The molecule has 0 fully saturated rings. The summed E-state index contributed by atoms with van der Waals surface area (Å²) in [6.07, 6.45) is 3.64. The molecule has 0 amide bonds. The predicted molar refractivity (Wildman–Crippen MR) is 67.6 cm³/mol. The zero-order valence-corrected chi connectivity index (χ0v) is 9.47. The monoisotopic (exact) mass is 236 g/mol. The molecule has 2 heterocycles. The lowest BCUT2D eigenvalue weighted by Gasteiger charge is -1.93. The van der Waals surface area contributed by atoms with Gasteiger partial charge in [-0.3, -0.25) is 4.40 Å².